The van der Waals surface area contributed by atoms with Crippen molar-refractivity contribution < 1.29 is 79.6 Å². The second-order valence-corrected chi connectivity index (χ2v) is 16.5. The lowest BCUT2D eigenvalue weighted by Crippen LogP contribution is -2.61. The van der Waals surface area contributed by atoms with Crippen molar-refractivity contribution in [2.24, 2.45) is 23.5 Å². The number of rotatable bonds is 25. The van der Waals surface area contributed by atoms with Gasteiger partial charge < -0.3 is 75.7 Å². The van der Waals surface area contributed by atoms with E-state index in [0.29, 0.717) is 6.42 Å². The maximum absolute atomic E-state index is 12.4. The van der Waals surface area contributed by atoms with Gasteiger partial charge in [-0.25, -0.2) is 0 Å². The Morgan fingerprint density at radius 3 is 2.18 bits per heavy atom. The molecule has 2 aliphatic rings. The van der Waals surface area contributed by atoms with Gasteiger partial charge in [-0.3, -0.25) is 9.59 Å². The van der Waals surface area contributed by atoms with Crippen molar-refractivity contribution in [3.8, 4) is 0 Å². The van der Waals surface area contributed by atoms with E-state index in [9.17, 15) is 60.7 Å². The zero-order chi connectivity index (χ0) is 45.3. The normalized spacial score (nSPS) is 32.5. The van der Waals surface area contributed by atoms with Crippen molar-refractivity contribution in [2.75, 3.05) is 0 Å². The Morgan fingerprint density at radius 1 is 0.883 bits per heavy atom. The second kappa shape index (κ2) is 26.1. The third kappa shape index (κ3) is 17.3. The Bertz CT molecular complexity index is 1390. The number of nitrogens with two attached hydrogens (primary N) is 1. The minimum atomic E-state index is -2.28. The second-order valence-electron chi connectivity index (χ2n) is 16.5. The minimum Gasteiger partial charge on any atom is -0.481 e. The van der Waals surface area contributed by atoms with Gasteiger partial charge in [-0.05, 0) is 53.4 Å². The number of aliphatic hydroxyl groups excluding tert-OH is 8. The molecule has 346 valence electrons. The van der Waals surface area contributed by atoms with E-state index < -0.39 is 128 Å². The predicted molar refractivity (Wildman–Crippen MR) is 220 cm³/mol. The van der Waals surface area contributed by atoms with Crippen molar-refractivity contribution in [2.45, 2.75) is 191 Å². The van der Waals surface area contributed by atoms with Crippen LogP contribution in [0.25, 0.3) is 0 Å². The summed E-state index contributed by atoms with van der Waals surface area (Å²) in [7, 11) is 0. The molecule has 18 atom stereocenters. The van der Waals surface area contributed by atoms with E-state index >= 15 is 0 Å². The summed E-state index contributed by atoms with van der Waals surface area (Å²) in [6.45, 7) is 10.6. The highest BCUT2D eigenvalue weighted by molar-refractivity contribution is 5.71. The first-order chi connectivity index (χ1) is 28.1. The third-order valence-electron chi connectivity index (χ3n) is 11.4. The summed E-state index contributed by atoms with van der Waals surface area (Å²) in [6.07, 6.45) is -2.97. The first-order valence-electron chi connectivity index (χ1n) is 21.1. The van der Waals surface area contributed by atoms with Crippen LogP contribution in [0.3, 0.4) is 0 Å². The van der Waals surface area contributed by atoms with Gasteiger partial charge in [0.05, 0.1) is 67.1 Å². The van der Waals surface area contributed by atoms with Crippen molar-refractivity contribution in [1.29, 1.82) is 0 Å². The van der Waals surface area contributed by atoms with Crippen molar-refractivity contribution in [3.05, 3.63) is 48.6 Å². The number of carboxylic acid groups (broad SMARTS) is 1. The maximum Gasteiger partial charge on any atom is 0.311 e. The fourth-order valence-electron chi connectivity index (χ4n) is 7.56. The molecule has 2 heterocycles. The molecule has 0 amide bonds. The molecule has 2 aliphatic heterocycles. The largest absolute Gasteiger partial charge is 0.481 e. The molecule has 0 saturated carbocycles. The molecule has 2 rings (SSSR count). The zero-order valence-corrected chi connectivity index (χ0v) is 35.8. The van der Waals surface area contributed by atoms with Crippen LogP contribution in [0.5, 0.6) is 0 Å². The van der Waals surface area contributed by atoms with E-state index in [-0.39, 0.29) is 43.9 Å². The molecule has 17 heteroatoms. The maximum atomic E-state index is 12.4. The van der Waals surface area contributed by atoms with Crippen LogP contribution in [0.4, 0.5) is 0 Å². The van der Waals surface area contributed by atoms with Gasteiger partial charge >= 0.3 is 11.9 Å². The van der Waals surface area contributed by atoms with Crippen LogP contribution in [-0.2, 0) is 28.5 Å². The number of hydrogen-bond acceptors (Lipinski definition) is 16. The number of aliphatic carboxylic acids is 1. The molecule has 17 nitrogen and oxygen atoms in total. The van der Waals surface area contributed by atoms with Crippen LogP contribution in [0.1, 0.15) is 99.3 Å². The molecule has 0 spiro atoms. The molecule has 2 saturated heterocycles. The Morgan fingerprint density at radius 2 is 1.55 bits per heavy atom. The fourth-order valence-corrected chi connectivity index (χ4v) is 7.56. The van der Waals surface area contributed by atoms with Crippen LogP contribution in [0.2, 0.25) is 0 Å². The number of allylic oxidation sites excluding steroid dienone is 6. The first-order valence-corrected chi connectivity index (χ1v) is 21.1. The van der Waals surface area contributed by atoms with Crippen LogP contribution in [0, 0.1) is 17.8 Å². The highest BCUT2D eigenvalue weighted by Gasteiger charge is 2.51. The molecular weight excluding hydrogens is 786 g/mol. The quantitative estimate of drug-likeness (QED) is 0.0348. The highest BCUT2D eigenvalue weighted by Crippen LogP contribution is 2.38. The van der Waals surface area contributed by atoms with Crippen molar-refractivity contribution in [1.82, 2.24) is 0 Å². The van der Waals surface area contributed by atoms with Crippen molar-refractivity contribution in [3.63, 3.8) is 0 Å². The summed E-state index contributed by atoms with van der Waals surface area (Å²) in [6, 6.07) is -1.12. The Hall–Kier alpha value is -2.62. The predicted octanol–water partition coefficient (Wildman–Crippen LogP) is 1.10. The van der Waals surface area contributed by atoms with E-state index in [2.05, 4.69) is 0 Å². The zero-order valence-electron chi connectivity index (χ0n) is 35.8. The number of carbonyl (C=O) groups excluding carboxylic acids is 1. The molecule has 0 radical (unpaired) electrons. The van der Waals surface area contributed by atoms with Crippen LogP contribution in [0.15, 0.2) is 48.6 Å². The number of carboxylic acids is 1. The van der Waals surface area contributed by atoms with Gasteiger partial charge in [-0.1, -0.05) is 62.5 Å². The summed E-state index contributed by atoms with van der Waals surface area (Å²) in [5, 5.41) is 107. The Labute approximate surface area is 353 Å². The molecular formula is C43H73NO16. The van der Waals surface area contributed by atoms with E-state index in [1.165, 1.54) is 13.0 Å². The van der Waals surface area contributed by atoms with E-state index in [0.717, 1.165) is 0 Å². The van der Waals surface area contributed by atoms with Gasteiger partial charge in [0, 0.05) is 43.9 Å². The number of hydrogen-bond donors (Lipinski definition) is 11. The lowest BCUT2D eigenvalue weighted by Gasteiger charge is -2.45. The van der Waals surface area contributed by atoms with Gasteiger partial charge in [0.1, 0.15) is 18.1 Å². The van der Waals surface area contributed by atoms with Gasteiger partial charge in [0.15, 0.2) is 12.1 Å². The minimum absolute atomic E-state index is 0.0371. The van der Waals surface area contributed by atoms with Gasteiger partial charge in [0.25, 0.3) is 0 Å². The first kappa shape index (κ1) is 53.5. The van der Waals surface area contributed by atoms with Crippen molar-refractivity contribution >= 4 is 11.9 Å². The van der Waals surface area contributed by atoms with E-state index in [1.807, 2.05) is 32.9 Å². The molecule has 0 aromatic heterocycles. The summed E-state index contributed by atoms with van der Waals surface area (Å²) in [4.78, 5) is 24.7. The molecule has 60 heavy (non-hydrogen) atoms. The van der Waals surface area contributed by atoms with Crippen LogP contribution in [-0.4, -0.2) is 154 Å². The lowest BCUT2D eigenvalue weighted by molar-refractivity contribution is -0.308. The average Bonchev–Trinajstić information content (AvgIpc) is 3.16. The van der Waals surface area contributed by atoms with Gasteiger partial charge in [-0.2, -0.15) is 0 Å². The summed E-state index contributed by atoms with van der Waals surface area (Å²) >= 11 is 0. The van der Waals surface area contributed by atoms with Gasteiger partial charge in [-0.15, -0.1) is 0 Å². The fraction of sp³-hybridized carbons (Fsp3) is 0.767. The molecule has 0 aromatic rings. The Kier molecular flexibility index (Phi) is 23.3. The van der Waals surface area contributed by atoms with Crippen LogP contribution < -0.4 is 5.73 Å². The molecule has 0 bridgehead atoms. The van der Waals surface area contributed by atoms with Gasteiger partial charge in [0.2, 0.25) is 0 Å². The Balaban J connectivity index is 1.98. The number of carbonyl (C=O) groups is 2. The lowest BCUT2D eigenvalue weighted by atomic mass is 9.82. The SMILES string of the molecule is C/C=C/C=C/C=C/[C@@H](C[C@@H]1O[C@](O)(C[C@@H](O)C[C@@H](O)[C@H](O)CC[C@@H](O)CCCC(=O)O[C@@H](C)[C@H](C)[C@H](O)[C@@H](C)/C=C/C)C[C@H](O)[C@H]1C(=O)O)OC1OC(C)C(O)C(N)C1O. The monoisotopic (exact) mass is 859 g/mol. The molecule has 5 unspecified atom stereocenters. The average molecular weight is 860 g/mol. The number of ether oxygens (including phenoxy) is 4. The topological polar surface area (TPSA) is 299 Å². The van der Waals surface area contributed by atoms with E-state index in [4.69, 9.17) is 24.7 Å². The highest BCUT2D eigenvalue weighted by atomic mass is 16.7. The molecule has 0 aromatic carbocycles. The van der Waals surface area contributed by atoms with E-state index in [1.54, 1.807) is 44.2 Å². The number of esters is 1. The molecule has 0 aliphatic carbocycles. The number of aliphatic hydroxyl groups is 9. The summed E-state index contributed by atoms with van der Waals surface area (Å²) in [5.74, 6) is -6.13. The molecule has 12 N–H and O–H groups in total. The molecule has 2 fully saturated rings. The summed E-state index contributed by atoms with van der Waals surface area (Å²) in [5.41, 5.74) is 5.97. The smallest absolute Gasteiger partial charge is 0.311 e. The van der Waals surface area contributed by atoms with Crippen LogP contribution >= 0.6 is 0 Å². The third-order valence-corrected chi connectivity index (χ3v) is 11.4. The summed E-state index contributed by atoms with van der Waals surface area (Å²) < 4.78 is 23.0. The standard InChI is InChI=1S/C43H73NO16/c1-7-9-10-11-12-16-30(59-42-40(53)37(44)39(52)27(6)58-42)21-34-36(41(54)55)33(49)23-43(56,60-34)22-29(46)20-32(48)31(47)19-18-28(45)15-13-17-35(50)57-26(5)25(4)38(51)24(3)14-8-2/h7-12,14,16,24-34,36-40,42,45-49,51-53,56H,13,15,17-23,44H2,1-6H3,(H,54,55)/b9-7+,11-10+,14-8+,16-12+/t24-,25-,26-,27?,28-,29-,30-,31+,32+,33-,34-,36+,37?,38+,39?,40?,42?,43+/m0/s1.